The van der Waals surface area contributed by atoms with Gasteiger partial charge in [-0.15, -0.1) is 0 Å². The largest absolute Gasteiger partial charge is 0.353 e. The zero-order valence-corrected chi connectivity index (χ0v) is 9.70. The number of hydrogen-bond acceptors (Lipinski definition) is 3. The SMILES string of the molecule is CC(=O)N(C)CCCOC1CCCCO1. The summed E-state index contributed by atoms with van der Waals surface area (Å²) in [7, 11) is 1.81. The van der Waals surface area contributed by atoms with Crippen molar-refractivity contribution >= 4 is 5.91 Å². The fraction of sp³-hybridized carbons (Fsp3) is 0.909. The van der Waals surface area contributed by atoms with E-state index in [9.17, 15) is 4.79 Å². The second-order valence-electron chi connectivity index (χ2n) is 3.96. The summed E-state index contributed by atoms with van der Waals surface area (Å²) in [6.45, 7) is 3.81. The third kappa shape index (κ3) is 5.14. The molecule has 0 bridgehead atoms. The Bertz CT molecular complexity index is 190. The summed E-state index contributed by atoms with van der Waals surface area (Å²) in [5.74, 6) is 0.101. The van der Waals surface area contributed by atoms with Gasteiger partial charge in [0.25, 0.3) is 0 Å². The summed E-state index contributed by atoms with van der Waals surface area (Å²) >= 11 is 0. The molecule has 0 aromatic carbocycles. The van der Waals surface area contributed by atoms with Crippen molar-refractivity contribution in [3.63, 3.8) is 0 Å². The van der Waals surface area contributed by atoms with Crippen LogP contribution in [-0.4, -0.2) is 43.9 Å². The predicted molar refractivity (Wildman–Crippen MR) is 57.5 cm³/mol. The topological polar surface area (TPSA) is 38.8 Å². The quantitative estimate of drug-likeness (QED) is 0.651. The van der Waals surface area contributed by atoms with E-state index in [0.717, 1.165) is 32.4 Å². The zero-order chi connectivity index (χ0) is 11.1. The minimum atomic E-state index is -0.0126. The van der Waals surface area contributed by atoms with Crippen LogP contribution in [0.25, 0.3) is 0 Å². The summed E-state index contributed by atoms with van der Waals surface area (Å²) in [6.07, 6.45) is 4.20. The van der Waals surface area contributed by atoms with Crippen molar-refractivity contribution in [2.75, 3.05) is 26.8 Å². The molecule has 0 aliphatic carbocycles. The molecule has 88 valence electrons. The van der Waals surface area contributed by atoms with Crippen molar-refractivity contribution in [3.8, 4) is 0 Å². The lowest BCUT2D eigenvalue weighted by Crippen LogP contribution is -2.27. The standard InChI is InChI=1S/C11H21NO3/c1-10(13)12(2)7-5-9-15-11-6-3-4-8-14-11/h11H,3-9H2,1-2H3. The van der Waals surface area contributed by atoms with E-state index in [-0.39, 0.29) is 12.2 Å². The van der Waals surface area contributed by atoms with E-state index in [1.165, 1.54) is 6.42 Å². The number of ether oxygens (including phenoxy) is 2. The summed E-state index contributed by atoms with van der Waals surface area (Å²) in [6, 6.07) is 0. The van der Waals surface area contributed by atoms with E-state index in [2.05, 4.69) is 0 Å². The van der Waals surface area contributed by atoms with Crippen LogP contribution >= 0.6 is 0 Å². The smallest absolute Gasteiger partial charge is 0.219 e. The molecule has 1 unspecified atom stereocenters. The fourth-order valence-corrected chi connectivity index (χ4v) is 1.52. The highest BCUT2D eigenvalue weighted by molar-refractivity contribution is 5.72. The van der Waals surface area contributed by atoms with Crippen molar-refractivity contribution in [2.24, 2.45) is 0 Å². The molecule has 1 heterocycles. The first-order valence-corrected chi connectivity index (χ1v) is 5.65. The van der Waals surface area contributed by atoms with E-state index in [0.29, 0.717) is 6.61 Å². The van der Waals surface area contributed by atoms with Crippen molar-refractivity contribution in [1.29, 1.82) is 0 Å². The molecule has 1 saturated heterocycles. The Morgan fingerprint density at radius 1 is 1.53 bits per heavy atom. The Hall–Kier alpha value is -0.610. The van der Waals surface area contributed by atoms with E-state index in [1.54, 1.807) is 18.9 Å². The Labute approximate surface area is 91.5 Å². The lowest BCUT2D eigenvalue weighted by Gasteiger charge is -2.23. The molecular weight excluding hydrogens is 194 g/mol. The van der Waals surface area contributed by atoms with Gasteiger partial charge in [-0.2, -0.15) is 0 Å². The van der Waals surface area contributed by atoms with Crippen LogP contribution in [0.5, 0.6) is 0 Å². The molecule has 0 N–H and O–H groups in total. The van der Waals surface area contributed by atoms with Gasteiger partial charge in [0.2, 0.25) is 5.91 Å². The zero-order valence-electron chi connectivity index (χ0n) is 9.70. The van der Waals surface area contributed by atoms with E-state index >= 15 is 0 Å². The molecule has 1 atom stereocenters. The van der Waals surface area contributed by atoms with Gasteiger partial charge in [0.05, 0.1) is 6.61 Å². The van der Waals surface area contributed by atoms with Crippen molar-refractivity contribution < 1.29 is 14.3 Å². The number of nitrogens with zero attached hydrogens (tertiary/aromatic N) is 1. The maximum absolute atomic E-state index is 10.9. The third-order valence-electron chi connectivity index (χ3n) is 2.62. The number of carbonyl (C=O) groups is 1. The van der Waals surface area contributed by atoms with Crippen molar-refractivity contribution in [3.05, 3.63) is 0 Å². The highest BCUT2D eigenvalue weighted by Crippen LogP contribution is 2.13. The van der Waals surface area contributed by atoms with E-state index < -0.39 is 0 Å². The average molecular weight is 215 g/mol. The Morgan fingerprint density at radius 2 is 2.33 bits per heavy atom. The first-order valence-electron chi connectivity index (χ1n) is 5.65. The molecule has 0 spiro atoms. The average Bonchev–Trinajstić information content (AvgIpc) is 2.25. The van der Waals surface area contributed by atoms with Gasteiger partial charge in [-0.1, -0.05) is 0 Å². The molecule has 0 saturated carbocycles. The Morgan fingerprint density at radius 3 is 2.93 bits per heavy atom. The highest BCUT2D eigenvalue weighted by Gasteiger charge is 2.13. The molecule has 1 amide bonds. The summed E-state index contributed by atoms with van der Waals surface area (Å²) in [4.78, 5) is 12.6. The maximum atomic E-state index is 10.9. The lowest BCUT2D eigenvalue weighted by molar-refractivity contribution is -0.163. The highest BCUT2D eigenvalue weighted by atomic mass is 16.7. The predicted octanol–water partition coefficient (Wildman–Crippen LogP) is 1.40. The van der Waals surface area contributed by atoms with Gasteiger partial charge in [0, 0.05) is 27.1 Å². The molecule has 1 fully saturated rings. The second-order valence-corrected chi connectivity index (χ2v) is 3.96. The minimum Gasteiger partial charge on any atom is -0.353 e. The van der Waals surface area contributed by atoms with Crippen LogP contribution < -0.4 is 0 Å². The van der Waals surface area contributed by atoms with Crippen LogP contribution in [0, 0.1) is 0 Å². The van der Waals surface area contributed by atoms with Crippen LogP contribution in [0.3, 0.4) is 0 Å². The molecule has 0 radical (unpaired) electrons. The molecule has 4 nitrogen and oxygen atoms in total. The molecule has 1 aliphatic heterocycles. The maximum Gasteiger partial charge on any atom is 0.219 e. The molecule has 1 aliphatic rings. The summed E-state index contributed by atoms with van der Waals surface area (Å²) in [5, 5.41) is 0. The lowest BCUT2D eigenvalue weighted by atomic mass is 10.2. The molecular formula is C11H21NO3. The van der Waals surface area contributed by atoms with Crippen LogP contribution in [0.4, 0.5) is 0 Å². The van der Waals surface area contributed by atoms with Gasteiger partial charge in [-0.05, 0) is 25.7 Å². The van der Waals surface area contributed by atoms with Crippen molar-refractivity contribution in [2.45, 2.75) is 38.9 Å². The van der Waals surface area contributed by atoms with Crippen LogP contribution in [-0.2, 0) is 14.3 Å². The fourth-order valence-electron chi connectivity index (χ4n) is 1.52. The number of carbonyl (C=O) groups excluding carboxylic acids is 1. The molecule has 1 rings (SSSR count). The van der Waals surface area contributed by atoms with Crippen LogP contribution in [0.2, 0.25) is 0 Å². The van der Waals surface area contributed by atoms with Crippen LogP contribution in [0.15, 0.2) is 0 Å². The molecule has 0 aromatic rings. The Balaban J connectivity index is 1.98. The summed E-state index contributed by atoms with van der Waals surface area (Å²) in [5.41, 5.74) is 0. The van der Waals surface area contributed by atoms with Gasteiger partial charge in [0.1, 0.15) is 0 Å². The second kappa shape index (κ2) is 6.80. The van der Waals surface area contributed by atoms with E-state index in [4.69, 9.17) is 9.47 Å². The number of rotatable bonds is 5. The van der Waals surface area contributed by atoms with Crippen LogP contribution in [0.1, 0.15) is 32.6 Å². The Kier molecular flexibility index (Phi) is 5.65. The molecule has 15 heavy (non-hydrogen) atoms. The van der Waals surface area contributed by atoms with Gasteiger partial charge < -0.3 is 14.4 Å². The first kappa shape index (κ1) is 12.5. The summed E-state index contributed by atoms with van der Waals surface area (Å²) < 4.78 is 11.0. The van der Waals surface area contributed by atoms with Gasteiger partial charge in [-0.25, -0.2) is 0 Å². The monoisotopic (exact) mass is 215 g/mol. The number of hydrogen-bond donors (Lipinski definition) is 0. The molecule has 0 aromatic heterocycles. The van der Waals surface area contributed by atoms with E-state index in [1.807, 2.05) is 0 Å². The van der Waals surface area contributed by atoms with Gasteiger partial charge in [-0.3, -0.25) is 4.79 Å². The first-order chi connectivity index (χ1) is 7.20. The minimum absolute atomic E-state index is 0.0126. The third-order valence-corrected chi connectivity index (χ3v) is 2.62. The van der Waals surface area contributed by atoms with Crippen molar-refractivity contribution in [1.82, 2.24) is 4.90 Å². The van der Waals surface area contributed by atoms with Gasteiger partial charge >= 0.3 is 0 Å². The van der Waals surface area contributed by atoms with Gasteiger partial charge in [0.15, 0.2) is 6.29 Å². The molecule has 4 heteroatoms. The normalized spacial score (nSPS) is 21.3. The number of amides is 1.